The Bertz CT molecular complexity index is 1110. The molecular weight excluding hydrogens is 444 g/mol. The van der Waals surface area contributed by atoms with Gasteiger partial charge in [0.25, 0.3) is 0 Å². The number of anilines is 2. The van der Waals surface area contributed by atoms with E-state index in [0.29, 0.717) is 38.7 Å². The molecule has 10 nitrogen and oxygen atoms in total. The van der Waals surface area contributed by atoms with Crippen LogP contribution >= 0.6 is 23.4 Å². The van der Waals surface area contributed by atoms with E-state index < -0.39 is 0 Å². The molecule has 0 fully saturated rings. The minimum absolute atomic E-state index is 0.0415. The lowest BCUT2D eigenvalue weighted by atomic mass is 10.2. The van der Waals surface area contributed by atoms with E-state index in [4.69, 9.17) is 21.1 Å². The van der Waals surface area contributed by atoms with E-state index in [1.165, 1.54) is 25.8 Å². The van der Waals surface area contributed by atoms with Gasteiger partial charge in [0, 0.05) is 24.7 Å². The summed E-state index contributed by atoms with van der Waals surface area (Å²) in [4.78, 5) is 23.8. The fourth-order valence-corrected chi connectivity index (χ4v) is 3.55. The van der Waals surface area contributed by atoms with Crippen LogP contribution in [0.3, 0.4) is 0 Å². The summed E-state index contributed by atoms with van der Waals surface area (Å²) in [6, 6.07) is 10.2. The Morgan fingerprint density at radius 2 is 1.90 bits per heavy atom. The molecule has 0 bridgehead atoms. The number of hydrogen-bond donors (Lipinski definition) is 2. The molecule has 0 spiro atoms. The quantitative estimate of drug-likeness (QED) is 0.490. The molecule has 0 radical (unpaired) electrons. The van der Waals surface area contributed by atoms with Crippen molar-refractivity contribution in [1.82, 2.24) is 20.2 Å². The van der Waals surface area contributed by atoms with Crippen LogP contribution in [0.2, 0.25) is 5.02 Å². The minimum atomic E-state index is -0.297. The molecule has 0 aliphatic carbocycles. The third-order valence-electron chi connectivity index (χ3n) is 3.93. The molecule has 1 heterocycles. The van der Waals surface area contributed by atoms with Gasteiger partial charge in [0.2, 0.25) is 17.0 Å². The Kier molecular flexibility index (Phi) is 7.32. The number of aromatic nitrogens is 4. The Morgan fingerprint density at radius 1 is 1.13 bits per heavy atom. The lowest BCUT2D eigenvalue weighted by Gasteiger charge is -2.13. The van der Waals surface area contributed by atoms with Crippen molar-refractivity contribution in [1.29, 1.82) is 0 Å². The molecular formula is C19H19ClN6O4S. The number of ether oxygens (including phenoxy) is 2. The lowest BCUT2D eigenvalue weighted by molar-refractivity contribution is -0.114. The zero-order chi connectivity index (χ0) is 22.4. The first-order chi connectivity index (χ1) is 14.9. The fraction of sp³-hybridized carbons (Fsp3) is 0.211. The van der Waals surface area contributed by atoms with Crippen molar-refractivity contribution in [3.63, 3.8) is 0 Å². The average Bonchev–Trinajstić information content (AvgIpc) is 3.21. The first kappa shape index (κ1) is 22.4. The molecule has 0 saturated heterocycles. The third-order valence-corrected chi connectivity index (χ3v) is 5.15. The highest BCUT2D eigenvalue weighted by Crippen LogP contribution is 2.36. The number of hydrogen-bond acceptors (Lipinski definition) is 8. The van der Waals surface area contributed by atoms with Crippen molar-refractivity contribution in [3.05, 3.63) is 41.4 Å². The van der Waals surface area contributed by atoms with Crippen LogP contribution in [0.15, 0.2) is 41.6 Å². The standard InChI is InChI=1S/C19H19ClN6O4S/c1-11(27)21-12-5-4-6-13(7-12)26-19(23-24-25-26)31-10-18(28)22-15-9-16(29-2)14(20)8-17(15)30-3/h4-9H,10H2,1-3H3,(H,21,27)(H,22,28). The van der Waals surface area contributed by atoms with E-state index in [2.05, 4.69) is 26.2 Å². The number of tetrazole rings is 1. The molecule has 3 aromatic rings. The van der Waals surface area contributed by atoms with Crippen molar-refractivity contribution < 1.29 is 19.1 Å². The predicted molar refractivity (Wildman–Crippen MR) is 117 cm³/mol. The summed E-state index contributed by atoms with van der Waals surface area (Å²) in [6.07, 6.45) is 0. The molecule has 3 rings (SSSR count). The molecule has 0 atom stereocenters. The van der Waals surface area contributed by atoms with Gasteiger partial charge in [0.15, 0.2) is 0 Å². The summed E-state index contributed by atoms with van der Waals surface area (Å²) in [5.74, 6) is 0.376. The second kappa shape index (κ2) is 10.1. The van der Waals surface area contributed by atoms with E-state index in [0.717, 1.165) is 11.8 Å². The van der Waals surface area contributed by atoms with Gasteiger partial charge in [-0.2, -0.15) is 4.68 Å². The minimum Gasteiger partial charge on any atom is -0.495 e. The topological polar surface area (TPSA) is 120 Å². The van der Waals surface area contributed by atoms with E-state index in [1.807, 2.05) is 0 Å². The van der Waals surface area contributed by atoms with Gasteiger partial charge < -0.3 is 20.1 Å². The summed E-state index contributed by atoms with van der Waals surface area (Å²) in [6.45, 7) is 1.43. The number of amides is 2. The van der Waals surface area contributed by atoms with Crippen LogP contribution < -0.4 is 20.1 Å². The van der Waals surface area contributed by atoms with Gasteiger partial charge in [-0.3, -0.25) is 9.59 Å². The van der Waals surface area contributed by atoms with Crippen LogP contribution in [0.5, 0.6) is 11.5 Å². The summed E-state index contributed by atoms with van der Waals surface area (Å²) < 4.78 is 11.9. The highest BCUT2D eigenvalue weighted by molar-refractivity contribution is 7.99. The van der Waals surface area contributed by atoms with Gasteiger partial charge in [0.1, 0.15) is 11.5 Å². The van der Waals surface area contributed by atoms with E-state index in [9.17, 15) is 9.59 Å². The number of nitrogens with one attached hydrogen (secondary N) is 2. The Morgan fingerprint density at radius 3 is 2.61 bits per heavy atom. The molecule has 2 amide bonds. The SMILES string of the molecule is COc1cc(NC(=O)CSc2nnnn2-c2cccc(NC(C)=O)c2)c(OC)cc1Cl. The molecule has 1 aromatic heterocycles. The molecule has 31 heavy (non-hydrogen) atoms. The van der Waals surface area contributed by atoms with Crippen LogP contribution in [0.4, 0.5) is 11.4 Å². The van der Waals surface area contributed by atoms with Gasteiger partial charge in [-0.05, 0) is 28.6 Å². The van der Waals surface area contributed by atoms with Gasteiger partial charge in [-0.1, -0.05) is 29.4 Å². The van der Waals surface area contributed by atoms with Gasteiger partial charge in [0.05, 0.1) is 36.4 Å². The highest BCUT2D eigenvalue weighted by Gasteiger charge is 2.15. The number of carbonyl (C=O) groups excluding carboxylic acids is 2. The maximum atomic E-state index is 12.5. The zero-order valence-electron chi connectivity index (χ0n) is 16.9. The largest absolute Gasteiger partial charge is 0.495 e. The number of nitrogens with zero attached hydrogens (tertiary/aromatic N) is 4. The second-order valence-corrected chi connectivity index (χ2v) is 7.48. The van der Waals surface area contributed by atoms with Crippen LogP contribution in [0, 0.1) is 0 Å². The summed E-state index contributed by atoms with van der Waals surface area (Å²) in [5, 5.41) is 17.9. The molecule has 2 aromatic carbocycles. The molecule has 2 N–H and O–H groups in total. The van der Waals surface area contributed by atoms with Crippen molar-refractivity contribution in [2.24, 2.45) is 0 Å². The molecule has 12 heteroatoms. The van der Waals surface area contributed by atoms with Crippen LogP contribution in [0.25, 0.3) is 5.69 Å². The summed E-state index contributed by atoms with van der Waals surface area (Å²) in [7, 11) is 2.96. The molecule has 0 unspecified atom stereocenters. The Labute approximate surface area is 187 Å². The number of rotatable bonds is 8. The Balaban J connectivity index is 1.70. The zero-order valence-corrected chi connectivity index (χ0v) is 18.5. The average molecular weight is 463 g/mol. The summed E-state index contributed by atoms with van der Waals surface area (Å²) in [5.41, 5.74) is 1.68. The number of benzene rings is 2. The van der Waals surface area contributed by atoms with Crippen molar-refractivity contribution >= 4 is 46.6 Å². The first-order valence-electron chi connectivity index (χ1n) is 8.92. The lowest BCUT2D eigenvalue weighted by Crippen LogP contribution is -2.15. The third kappa shape index (κ3) is 5.64. The number of halogens is 1. The number of carbonyl (C=O) groups is 2. The molecule has 0 aliphatic heterocycles. The predicted octanol–water partition coefficient (Wildman–Crippen LogP) is 3.02. The highest BCUT2D eigenvalue weighted by atomic mass is 35.5. The monoisotopic (exact) mass is 462 g/mol. The number of thioether (sulfide) groups is 1. The molecule has 0 aliphatic rings. The van der Waals surface area contributed by atoms with Gasteiger partial charge in [-0.15, -0.1) is 5.10 Å². The smallest absolute Gasteiger partial charge is 0.234 e. The molecule has 0 saturated carbocycles. The van der Waals surface area contributed by atoms with Crippen molar-refractivity contribution in [3.8, 4) is 17.2 Å². The molecule has 162 valence electrons. The summed E-state index contributed by atoms with van der Waals surface area (Å²) >= 11 is 7.24. The van der Waals surface area contributed by atoms with Gasteiger partial charge >= 0.3 is 0 Å². The van der Waals surface area contributed by atoms with Gasteiger partial charge in [-0.25, -0.2) is 0 Å². The van der Waals surface area contributed by atoms with Crippen molar-refractivity contribution in [2.45, 2.75) is 12.1 Å². The normalized spacial score (nSPS) is 10.5. The maximum Gasteiger partial charge on any atom is 0.234 e. The van der Waals surface area contributed by atoms with Crippen LogP contribution in [-0.4, -0.2) is 52.0 Å². The van der Waals surface area contributed by atoms with E-state index >= 15 is 0 Å². The van der Waals surface area contributed by atoms with Crippen LogP contribution in [0.1, 0.15) is 6.92 Å². The Hall–Kier alpha value is -3.31. The first-order valence-corrected chi connectivity index (χ1v) is 10.3. The maximum absolute atomic E-state index is 12.5. The number of methoxy groups -OCH3 is 2. The fourth-order valence-electron chi connectivity index (χ4n) is 2.62. The van der Waals surface area contributed by atoms with Crippen LogP contribution in [-0.2, 0) is 9.59 Å². The second-order valence-electron chi connectivity index (χ2n) is 6.13. The van der Waals surface area contributed by atoms with E-state index in [1.54, 1.807) is 36.4 Å². The van der Waals surface area contributed by atoms with E-state index in [-0.39, 0.29) is 17.6 Å². The van der Waals surface area contributed by atoms with Crippen molar-refractivity contribution in [2.75, 3.05) is 30.6 Å².